The van der Waals surface area contributed by atoms with Crippen LogP contribution in [-0.2, 0) is 14.6 Å². The first-order chi connectivity index (χ1) is 11.2. The molecule has 2 aromatic rings. The Bertz CT molecular complexity index is 842. The fraction of sp³-hybridized carbons (Fsp3) is 0.278. The molecule has 0 aliphatic carbocycles. The second-order valence-electron chi connectivity index (χ2n) is 5.81. The molecule has 0 saturated carbocycles. The van der Waals surface area contributed by atoms with Gasteiger partial charge in [0.15, 0.2) is 15.9 Å². The number of carbonyl (C=O) groups excluding carboxylic acids is 1. The van der Waals surface area contributed by atoms with E-state index in [0.717, 1.165) is 23.1 Å². The topological polar surface area (TPSA) is 72.5 Å². The van der Waals surface area contributed by atoms with E-state index in [2.05, 4.69) is 5.32 Å². The fourth-order valence-electron chi connectivity index (χ4n) is 2.21. The van der Waals surface area contributed by atoms with Crippen molar-refractivity contribution in [3.63, 3.8) is 0 Å². The number of hydrogen-bond donors (Lipinski definition) is 1. The molecule has 0 bridgehead atoms. The summed E-state index contributed by atoms with van der Waals surface area (Å²) in [6.07, 6.45) is 0.429. The van der Waals surface area contributed by atoms with Crippen LogP contribution < -0.4 is 10.1 Å². The molecule has 0 heterocycles. The smallest absolute Gasteiger partial charge is 0.265 e. The predicted molar refractivity (Wildman–Crippen MR) is 94.2 cm³/mol. The third-order valence-electron chi connectivity index (χ3n) is 3.57. The maximum atomic E-state index is 12.2. The van der Waals surface area contributed by atoms with Gasteiger partial charge in [-0.25, -0.2) is 8.42 Å². The summed E-state index contributed by atoms with van der Waals surface area (Å²) in [5.74, 6) is 0.167. The number of benzene rings is 2. The third kappa shape index (κ3) is 4.58. The van der Waals surface area contributed by atoms with E-state index in [0.29, 0.717) is 5.75 Å². The van der Waals surface area contributed by atoms with Crippen LogP contribution in [0.25, 0.3) is 0 Å². The van der Waals surface area contributed by atoms with Crippen molar-refractivity contribution in [2.24, 2.45) is 0 Å². The van der Waals surface area contributed by atoms with Crippen molar-refractivity contribution in [3.05, 3.63) is 53.6 Å². The molecule has 1 unspecified atom stereocenters. The summed E-state index contributed by atoms with van der Waals surface area (Å²) in [7, 11) is -3.25. The number of amides is 1. The molecular formula is C18H21NO4S. The van der Waals surface area contributed by atoms with E-state index in [4.69, 9.17) is 4.74 Å². The molecule has 0 spiro atoms. The number of anilines is 1. The van der Waals surface area contributed by atoms with E-state index in [-0.39, 0.29) is 10.8 Å². The molecule has 5 nitrogen and oxygen atoms in total. The molecule has 0 saturated heterocycles. The van der Waals surface area contributed by atoms with E-state index in [1.807, 2.05) is 32.0 Å². The van der Waals surface area contributed by atoms with E-state index >= 15 is 0 Å². The lowest BCUT2D eigenvalue weighted by atomic mass is 10.1. The van der Waals surface area contributed by atoms with Gasteiger partial charge in [0.1, 0.15) is 5.75 Å². The molecule has 24 heavy (non-hydrogen) atoms. The third-order valence-corrected chi connectivity index (χ3v) is 4.70. The standard InChI is InChI=1S/C18H21NO4S/c1-12-5-10-17(13(2)11-12)19-18(20)14(3)23-15-6-8-16(9-7-15)24(4,21)22/h5-11,14H,1-4H3,(H,19,20). The summed E-state index contributed by atoms with van der Waals surface area (Å²) in [4.78, 5) is 12.5. The van der Waals surface area contributed by atoms with Gasteiger partial charge in [-0.3, -0.25) is 4.79 Å². The Hall–Kier alpha value is -2.34. The highest BCUT2D eigenvalue weighted by molar-refractivity contribution is 7.90. The van der Waals surface area contributed by atoms with Crippen LogP contribution in [0.3, 0.4) is 0 Å². The molecule has 1 N–H and O–H groups in total. The molecule has 6 heteroatoms. The maximum absolute atomic E-state index is 12.2. The molecule has 2 aromatic carbocycles. The van der Waals surface area contributed by atoms with Crippen molar-refractivity contribution in [3.8, 4) is 5.75 Å². The Morgan fingerprint density at radius 2 is 1.71 bits per heavy atom. The van der Waals surface area contributed by atoms with E-state index in [1.165, 1.54) is 24.3 Å². The molecule has 0 fully saturated rings. The van der Waals surface area contributed by atoms with Gasteiger partial charge in [0, 0.05) is 11.9 Å². The zero-order chi connectivity index (χ0) is 17.9. The van der Waals surface area contributed by atoms with Crippen LogP contribution in [0.1, 0.15) is 18.1 Å². The number of hydrogen-bond acceptors (Lipinski definition) is 4. The van der Waals surface area contributed by atoms with Crippen LogP contribution in [-0.4, -0.2) is 26.7 Å². The van der Waals surface area contributed by atoms with Gasteiger partial charge in [0.05, 0.1) is 4.90 Å². The summed E-state index contributed by atoms with van der Waals surface area (Å²) in [5.41, 5.74) is 2.85. The average molecular weight is 347 g/mol. The van der Waals surface area contributed by atoms with Crippen molar-refractivity contribution in [1.82, 2.24) is 0 Å². The van der Waals surface area contributed by atoms with Crippen LogP contribution in [0.15, 0.2) is 47.4 Å². The van der Waals surface area contributed by atoms with Gasteiger partial charge in [-0.2, -0.15) is 0 Å². The largest absolute Gasteiger partial charge is 0.481 e. The SMILES string of the molecule is Cc1ccc(NC(=O)C(C)Oc2ccc(S(C)(=O)=O)cc2)c(C)c1. The lowest BCUT2D eigenvalue weighted by molar-refractivity contribution is -0.122. The Morgan fingerprint density at radius 1 is 1.08 bits per heavy atom. The normalized spacial score (nSPS) is 12.5. The number of nitrogens with one attached hydrogen (secondary N) is 1. The molecule has 1 amide bonds. The molecular weight excluding hydrogens is 326 g/mol. The summed E-state index contributed by atoms with van der Waals surface area (Å²) in [5, 5.41) is 2.83. The van der Waals surface area contributed by atoms with Gasteiger partial charge in [-0.05, 0) is 56.7 Å². The van der Waals surface area contributed by atoms with Crippen molar-refractivity contribution < 1.29 is 17.9 Å². The molecule has 0 aliphatic heterocycles. The van der Waals surface area contributed by atoms with Gasteiger partial charge < -0.3 is 10.1 Å². The highest BCUT2D eigenvalue weighted by atomic mass is 32.2. The van der Waals surface area contributed by atoms with Gasteiger partial charge in [-0.15, -0.1) is 0 Å². The zero-order valence-electron chi connectivity index (χ0n) is 14.2. The predicted octanol–water partition coefficient (Wildman–Crippen LogP) is 3.11. The van der Waals surface area contributed by atoms with Gasteiger partial charge in [0.2, 0.25) is 0 Å². The van der Waals surface area contributed by atoms with Crippen molar-refractivity contribution in [2.75, 3.05) is 11.6 Å². The number of aryl methyl sites for hydroxylation is 2. The molecule has 0 aromatic heterocycles. The first-order valence-corrected chi connectivity index (χ1v) is 9.41. The number of ether oxygens (including phenoxy) is 1. The van der Waals surface area contributed by atoms with Gasteiger partial charge >= 0.3 is 0 Å². The molecule has 0 radical (unpaired) electrons. The highest BCUT2D eigenvalue weighted by Crippen LogP contribution is 2.19. The Balaban J connectivity index is 2.03. The summed E-state index contributed by atoms with van der Waals surface area (Å²) in [6.45, 7) is 5.56. The van der Waals surface area contributed by atoms with Crippen LogP contribution in [0.4, 0.5) is 5.69 Å². The van der Waals surface area contributed by atoms with Gasteiger partial charge in [0.25, 0.3) is 5.91 Å². The van der Waals surface area contributed by atoms with Crippen LogP contribution >= 0.6 is 0 Å². The first-order valence-electron chi connectivity index (χ1n) is 7.52. The molecule has 2 rings (SSSR count). The summed E-state index contributed by atoms with van der Waals surface area (Å²) >= 11 is 0. The summed E-state index contributed by atoms with van der Waals surface area (Å²) in [6, 6.07) is 11.8. The Labute approximate surface area is 142 Å². The molecule has 1 atom stereocenters. The van der Waals surface area contributed by atoms with Crippen molar-refractivity contribution in [1.29, 1.82) is 0 Å². The first kappa shape index (κ1) is 18.0. The average Bonchev–Trinajstić information content (AvgIpc) is 2.49. The number of rotatable bonds is 5. The molecule has 128 valence electrons. The van der Waals surface area contributed by atoms with Gasteiger partial charge in [-0.1, -0.05) is 17.7 Å². The minimum atomic E-state index is -3.25. The van der Waals surface area contributed by atoms with Crippen LogP contribution in [0.2, 0.25) is 0 Å². The van der Waals surface area contributed by atoms with E-state index in [1.54, 1.807) is 6.92 Å². The number of carbonyl (C=O) groups is 1. The molecule has 0 aliphatic rings. The van der Waals surface area contributed by atoms with Crippen LogP contribution in [0.5, 0.6) is 5.75 Å². The van der Waals surface area contributed by atoms with E-state index in [9.17, 15) is 13.2 Å². The Morgan fingerprint density at radius 3 is 2.25 bits per heavy atom. The minimum Gasteiger partial charge on any atom is -0.481 e. The van der Waals surface area contributed by atoms with Crippen molar-refractivity contribution in [2.45, 2.75) is 31.8 Å². The maximum Gasteiger partial charge on any atom is 0.265 e. The highest BCUT2D eigenvalue weighted by Gasteiger charge is 2.16. The van der Waals surface area contributed by atoms with Crippen molar-refractivity contribution >= 4 is 21.4 Å². The minimum absolute atomic E-state index is 0.210. The Kier molecular flexibility index (Phi) is 5.29. The number of sulfone groups is 1. The lowest BCUT2D eigenvalue weighted by Crippen LogP contribution is -2.30. The quantitative estimate of drug-likeness (QED) is 0.902. The fourth-order valence-corrected chi connectivity index (χ4v) is 2.84. The second-order valence-corrected chi connectivity index (χ2v) is 7.83. The monoisotopic (exact) mass is 347 g/mol. The zero-order valence-corrected chi connectivity index (χ0v) is 15.0. The summed E-state index contributed by atoms with van der Waals surface area (Å²) < 4.78 is 28.4. The van der Waals surface area contributed by atoms with E-state index < -0.39 is 15.9 Å². The lowest BCUT2D eigenvalue weighted by Gasteiger charge is -2.16. The second kappa shape index (κ2) is 7.05. The van der Waals surface area contributed by atoms with Crippen LogP contribution in [0, 0.1) is 13.8 Å².